The maximum Gasteiger partial charge on any atom is 0.226 e. The molecule has 1 aliphatic rings. The van der Waals surface area contributed by atoms with E-state index < -0.39 is 29.7 Å². The highest BCUT2D eigenvalue weighted by Crippen LogP contribution is 2.52. The molecule has 0 radical (unpaired) electrons. The smallest absolute Gasteiger partial charge is 0.226 e. The van der Waals surface area contributed by atoms with E-state index in [1.165, 1.54) is 24.3 Å². The first-order chi connectivity index (χ1) is 28.3. The second-order valence-corrected chi connectivity index (χ2v) is 17.3. The zero-order chi connectivity index (χ0) is 39.7. The molecule has 0 unspecified atom stereocenters. The van der Waals surface area contributed by atoms with E-state index in [-0.39, 0.29) is 21.4 Å². The van der Waals surface area contributed by atoms with Crippen molar-refractivity contribution < 1.29 is 16.8 Å². The van der Waals surface area contributed by atoms with Gasteiger partial charge in [0.2, 0.25) is 19.7 Å². The van der Waals surface area contributed by atoms with E-state index in [2.05, 4.69) is 0 Å². The molecule has 0 saturated heterocycles. The van der Waals surface area contributed by atoms with E-state index in [4.69, 9.17) is 19.9 Å². The Morgan fingerprint density at radius 1 is 0.345 bits per heavy atom. The largest absolute Gasteiger partial charge is 0.273 e. The molecule has 10 nitrogen and oxygen atoms in total. The Hall–Kier alpha value is -7.02. The Labute approximate surface area is 336 Å². The van der Waals surface area contributed by atoms with Crippen molar-refractivity contribution in [1.29, 1.82) is 0 Å². The minimum atomic E-state index is -4.58. The maximum absolute atomic E-state index is 14.7. The summed E-state index contributed by atoms with van der Waals surface area (Å²) >= 11 is 0. The predicted molar refractivity (Wildman–Crippen MR) is 223 cm³/mol. The van der Waals surface area contributed by atoms with Gasteiger partial charge in [0.25, 0.3) is 0 Å². The highest BCUT2D eigenvalue weighted by atomic mass is 32.2. The fourth-order valence-electron chi connectivity index (χ4n) is 6.95. The molecule has 0 aliphatic carbocycles. The predicted octanol–water partition coefficient (Wildman–Crippen LogP) is 9.37. The van der Waals surface area contributed by atoms with Crippen molar-refractivity contribution in [2.45, 2.75) is 32.7 Å². The van der Waals surface area contributed by atoms with E-state index in [1.807, 2.05) is 121 Å². The van der Waals surface area contributed by atoms with Crippen LogP contribution in [0, 0.1) is 0 Å². The lowest BCUT2D eigenvalue weighted by molar-refractivity contribution is 0.571. The average Bonchev–Trinajstić information content (AvgIpc) is 3.27. The highest BCUT2D eigenvalue weighted by Gasteiger charge is 2.42. The van der Waals surface area contributed by atoms with Crippen LogP contribution in [0.3, 0.4) is 0 Å². The molecular weight excluding hydrogens is 765 g/mol. The van der Waals surface area contributed by atoms with Crippen molar-refractivity contribution in [1.82, 2.24) is 19.9 Å². The molecule has 9 rings (SSSR count). The van der Waals surface area contributed by atoms with Gasteiger partial charge in [-0.3, -0.25) is 9.80 Å². The maximum atomic E-state index is 14.7. The van der Waals surface area contributed by atoms with Crippen LogP contribution in [-0.2, 0) is 32.5 Å². The minimum absolute atomic E-state index is 0.0554. The Kier molecular flexibility index (Phi) is 9.56. The number of benzene rings is 6. The molecule has 0 bridgehead atoms. The first kappa shape index (κ1) is 36.6. The van der Waals surface area contributed by atoms with Crippen LogP contribution >= 0.6 is 0 Å². The van der Waals surface area contributed by atoms with Crippen LogP contribution in [0.2, 0.25) is 0 Å². The number of sulfone groups is 2. The summed E-state index contributed by atoms with van der Waals surface area (Å²) in [7, 11) is -9.17. The second kappa shape index (κ2) is 15.1. The SMILES string of the molecule is O=S(=O)(c1ccccc1)c1nc2c(nc1S(=O)(=O)c1ccccc1)N(c1ccccc1)c1nc(Cc3ccccc3)c(Cc3ccccc3)nc1N2c1ccccc1. The molecule has 0 fully saturated rings. The van der Waals surface area contributed by atoms with E-state index in [0.717, 1.165) is 11.1 Å². The number of anilines is 6. The van der Waals surface area contributed by atoms with Crippen LogP contribution in [-0.4, -0.2) is 36.8 Å². The molecule has 0 amide bonds. The van der Waals surface area contributed by atoms with E-state index in [0.29, 0.717) is 47.2 Å². The molecule has 284 valence electrons. The zero-order valence-electron chi connectivity index (χ0n) is 30.9. The summed E-state index contributed by atoms with van der Waals surface area (Å²) in [5.41, 5.74) is 4.65. The van der Waals surface area contributed by atoms with Gasteiger partial charge < -0.3 is 0 Å². The molecule has 6 aromatic carbocycles. The molecule has 8 aromatic rings. The number of rotatable bonds is 10. The van der Waals surface area contributed by atoms with Gasteiger partial charge in [-0.15, -0.1) is 0 Å². The van der Waals surface area contributed by atoms with Gasteiger partial charge in [0, 0.05) is 24.2 Å². The van der Waals surface area contributed by atoms with Gasteiger partial charge >= 0.3 is 0 Å². The summed E-state index contributed by atoms with van der Waals surface area (Å²) in [6.45, 7) is 0. The molecule has 12 heteroatoms. The number of para-hydroxylation sites is 2. The quantitative estimate of drug-likeness (QED) is 0.132. The molecular formula is C46H34N6O4S2. The normalized spacial score (nSPS) is 12.5. The summed E-state index contributed by atoms with van der Waals surface area (Å²) in [4.78, 5) is 23.7. The summed E-state index contributed by atoms with van der Waals surface area (Å²) in [6.07, 6.45) is 0.912. The summed E-state index contributed by atoms with van der Waals surface area (Å²) in [6, 6.07) is 53.8. The van der Waals surface area contributed by atoms with Gasteiger partial charge in [-0.2, -0.15) is 0 Å². The van der Waals surface area contributed by atoms with Gasteiger partial charge in [-0.05, 0) is 59.7 Å². The Morgan fingerprint density at radius 2 is 0.621 bits per heavy atom. The summed E-state index contributed by atoms with van der Waals surface area (Å²) in [5, 5.41) is -1.42. The number of fused-ring (bicyclic) bond motifs is 2. The third kappa shape index (κ3) is 6.78. The summed E-state index contributed by atoms with van der Waals surface area (Å²) in [5.74, 6) is 0.835. The van der Waals surface area contributed by atoms with Crippen LogP contribution in [0.4, 0.5) is 34.6 Å². The average molecular weight is 799 g/mol. The van der Waals surface area contributed by atoms with E-state index >= 15 is 0 Å². The van der Waals surface area contributed by atoms with Gasteiger partial charge in [-0.25, -0.2) is 36.8 Å². The number of hydrogen-bond donors (Lipinski definition) is 0. The number of aromatic nitrogens is 4. The van der Waals surface area contributed by atoms with Crippen molar-refractivity contribution in [2.24, 2.45) is 0 Å². The molecule has 0 N–H and O–H groups in total. The van der Waals surface area contributed by atoms with Crippen molar-refractivity contribution >= 4 is 54.3 Å². The van der Waals surface area contributed by atoms with Gasteiger partial charge in [-0.1, -0.05) is 133 Å². The zero-order valence-corrected chi connectivity index (χ0v) is 32.5. The number of nitrogens with zero attached hydrogens (tertiary/aromatic N) is 6. The van der Waals surface area contributed by atoms with Crippen LogP contribution in [0.5, 0.6) is 0 Å². The van der Waals surface area contributed by atoms with Gasteiger partial charge in [0.1, 0.15) is 0 Å². The molecule has 3 heterocycles. The van der Waals surface area contributed by atoms with Gasteiger partial charge in [0.05, 0.1) is 21.2 Å². The molecule has 0 atom stereocenters. The summed E-state index contributed by atoms with van der Waals surface area (Å²) < 4.78 is 58.8. The molecule has 2 aromatic heterocycles. The minimum Gasteiger partial charge on any atom is -0.273 e. The van der Waals surface area contributed by atoms with Crippen LogP contribution in [0.15, 0.2) is 202 Å². The Bertz CT molecular complexity index is 2760. The van der Waals surface area contributed by atoms with Crippen molar-refractivity contribution in [2.75, 3.05) is 9.80 Å². The monoisotopic (exact) mass is 798 g/mol. The van der Waals surface area contributed by atoms with Crippen LogP contribution in [0.25, 0.3) is 0 Å². The van der Waals surface area contributed by atoms with Crippen molar-refractivity contribution in [3.63, 3.8) is 0 Å². The van der Waals surface area contributed by atoms with E-state index in [9.17, 15) is 16.8 Å². The molecule has 1 aliphatic heterocycles. The highest BCUT2D eigenvalue weighted by molar-refractivity contribution is 7.94. The van der Waals surface area contributed by atoms with Gasteiger partial charge in [0.15, 0.2) is 33.3 Å². The van der Waals surface area contributed by atoms with Crippen molar-refractivity contribution in [3.8, 4) is 0 Å². The van der Waals surface area contributed by atoms with E-state index in [1.54, 1.807) is 46.2 Å². The fraction of sp³-hybridized carbons (Fsp3) is 0.0435. The third-order valence-corrected chi connectivity index (χ3v) is 13.2. The first-order valence-electron chi connectivity index (χ1n) is 18.5. The standard InChI is InChI=1S/C46H34N6O4S2/c53-57(54,37-27-15-5-16-28-37)45-46(58(55,56)38-29-17-6-18-30-38)50-44-43(49-45)51(35-23-11-3-12-24-35)41-42(52(44)36-25-13-4-14-26-36)48-40(32-34-21-9-2-10-22-34)39(47-41)31-33-19-7-1-8-20-33/h1-30H,31-32H2. The second-order valence-electron chi connectivity index (χ2n) is 13.5. The number of hydrogen-bond acceptors (Lipinski definition) is 10. The lowest BCUT2D eigenvalue weighted by Gasteiger charge is -2.37. The molecule has 0 spiro atoms. The van der Waals surface area contributed by atoms with Crippen molar-refractivity contribution in [3.05, 3.63) is 205 Å². The van der Waals surface area contributed by atoms with Crippen LogP contribution < -0.4 is 9.80 Å². The lowest BCUT2D eigenvalue weighted by Crippen LogP contribution is -2.31. The Morgan fingerprint density at radius 3 is 0.948 bits per heavy atom. The first-order valence-corrected chi connectivity index (χ1v) is 21.5. The topological polar surface area (TPSA) is 126 Å². The lowest BCUT2D eigenvalue weighted by atomic mass is 10.0. The van der Waals surface area contributed by atoms with Crippen LogP contribution in [0.1, 0.15) is 22.5 Å². The third-order valence-electron chi connectivity index (χ3n) is 9.73. The molecule has 58 heavy (non-hydrogen) atoms. The molecule has 0 saturated carbocycles. The Balaban J connectivity index is 1.39. The fourth-order valence-corrected chi connectivity index (χ4v) is 10.1.